The predicted octanol–water partition coefficient (Wildman–Crippen LogP) is 6.50. The van der Waals surface area contributed by atoms with Gasteiger partial charge in [-0.2, -0.15) is 0 Å². The minimum atomic E-state index is -3.75. The summed E-state index contributed by atoms with van der Waals surface area (Å²) in [6, 6.07) is 15.9. The van der Waals surface area contributed by atoms with E-state index in [1.807, 2.05) is 0 Å². The van der Waals surface area contributed by atoms with E-state index in [4.69, 9.17) is 43.0 Å². The SMILES string of the molecule is COc1cc(OC)c(/C=C/S(=O)(=O)Cc2ccc(OC)c(NC(=O)CCCN=CB=O)c2)c(OC)c1.COc1cc(OC)c(/C=C/S(=O)(=O)Cc2ccc(OC)c(NC(=O)CCCNC(=O)CCCC(=O)O)c2)c(OC)c1. The summed E-state index contributed by atoms with van der Waals surface area (Å²) < 4.78 is 104. The van der Waals surface area contributed by atoms with Gasteiger partial charge in [0.05, 0.1) is 72.3 Å². The molecule has 0 saturated carbocycles. The molecule has 0 fully saturated rings. The average molecular weight is 1110 g/mol. The molecular weight excluding hydrogens is 1040 g/mol. The summed E-state index contributed by atoms with van der Waals surface area (Å²) >= 11 is 0. The van der Waals surface area contributed by atoms with Crippen LogP contribution in [0.4, 0.5) is 11.4 Å². The molecule has 0 saturated heterocycles. The summed E-state index contributed by atoms with van der Waals surface area (Å²) in [5, 5.41) is 18.9. The maximum atomic E-state index is 12.9. The first-order valence-electron chi connectivity index (χ1n) is 23.6. The minimum absolute atomic E-state index is 0.0829. The van der Waals surface area contributed by atoms with Crippen molar-refractivity contribution in [1.82, 2.24) is 5.32 Å². The molecule has 0 aliphatic rings. The fraction of sp³-hybridized carbons (Fsp3) is 0.365. The normalized spacial score (nSPS) is 11.2. The third kappa shape index (κ3) is 22.1. The van der Waals surface area contributed by atoms with Gasteiger partial charge < -0.3 is 48.9 Å². The van der Waals surface area contributed by atoms with E-state index in [0.29, 0.717) is 106 Å². The maximum Gasteiger partial charge on any atom is 0.303 e. The molecular formula is C52H65BN4O18S2. The second-order valence-electron chi connectivity index (χ2n) is 16.3. The number of carboxylic acid groups (broad SMARTS) is 1. The minimum Gasteiger partial charge on any atom is -0.496 e. The number of carboxylic acids is 1. The van der Waals surface area contributed by atoms with E-state index < -0.39 is 25.6 Å². The van der Waals surface area contributed by atoms with Gasteiger partial charge in [0.15, 0.2) is 9.84 Å². The molecule has 4 aromatic rings. The Hall–Kier alpha value is -7.93. The second-order valence-corrected chi connectivity index (χ2v) is 20.0. The molecule has 4 N–H and O–H groups in total. The predicted molar refractivity (Wildman–Crippen MR) is 292 cm³/mol. The third-order valence-electron chi connectivity index (χ3n) is 10.8. The van der Waals surface area contributed by atoms with Crippen molar-refractivity contribution in [2.24, 2.45) is 4.99 Å². The summed E-state index contributed by atoms with van der Waals surface area (Å²) in [7, 11) is 4.83. The van der Waals surface area contributed by atoms with Crippen molar-refractivity contribution in [3.63, 3.8) is 0 Å². The van der Waals surface area contributed by atoms with Crippen LogP contribution in [0.3, 0.4) is 0 Å². The van der Waals surface area contributed by atoms with Crippen LogP contribution in [-0.2, 0) is 55.1 Å². The molecule has 0 aliphatic carbocycles. The van der Waals surface area contributed by atoms with Crippen molar-refractivity contribution in [1.29, 1.82) is 0 Å². The number of hydrogen-bond acceptors (Lipinski definition) is 18. The molecule has 0 bridgehead atoms. The summed E-state index contributed by atoms with van der Waals surface area (Å²) in [4.78, 5) is 50.8. The van der Waals surface area contributed by atoms with Gasteiger partial charge in [-0.15, -0.1) is 0 Å². The van der Waals surface area contributed by atoms with Crippen LogP contribution >= 0.6 is 0 Å². The van der Waals surface area contributed by atoms with Crippen LogP contribution in [0.5, 0.6) is 46.0 Å². The van der Waals surface area contributed by atoms with Gasteiger partial charge in [0.25, 0.3) is 0 Å². The fourth-order valence-electron chi connectivity index (χ4n) is 7.02. The zero-order chi connectivity index (χ0) is 57.0. The number of aliphatic imine (C=N–C) groups is 1. The zero-order valence-electron chi connectivity index (χ0n) is 44.2. The van der Waals surface area contributed by atoms with E-state index in [2.05, 4.69) is 20.9 Å². The van der Waals surface area contributed by atoms with E-state index >= 15 is 0 Å². The number of hydrogen-bond donors (Lipinski definition) is 4. The number of benzene rings is 4. The van der Waals surface area contributed by atoms with E-state index in [1.165, 1.54) is 75.1 Å². The first-order valence-corrected chi connectivity index (χ1v) is 27.0. The molecule has 0 unspecified atom stereocenters. The van der Waals surface area contributed by atoms with E-state index in [-0.39, 0.29) is 67.9 Å². The summed E-state index contributed by atoms with van der Waals surface area (Å²) in [5.41, 5.74) is 2.43. The van der Waals surface area contributed by atoms with Crippen molar-refractivity contribution in [3.05, 3.63) is 93.7 Å². The van der Waals surface area contributed by atoms with Crippen LogP contribution in [0, 0.1) is 0 Å². The summed E-state index contributed by atoms with van der Waals surface area (Å²) in [6.45, 7) is 0.600. The molecule has 25 heteroatoms. The van der Waals surface area contributed by atoms with Gasteiger partial charge in [0.2, 0.25) is 11.8 Å². The number of carbonyl (C=O) groups is 4. The number of ether oxygens (including phenoxy) is 8. The van der Waals surface area contributed by atoms with E-state index in [9.17, 15) is 40.7 Å². The molecule has 0 aliphatic heterocycles. The first kappa shape index (κ1) is 63.4. The van der Waals surface area contributed by atoms with Crippen LogP contribution < -0.4 is 53.8 Å². The Balaban J connectivity index is 0.000000409. The topological polar surface area (TPSA) is 296 Å². The molecule has 3 amide bonds. The van der Waals surface area contributed by atoms with Gasteiger partial charge in [-0.25, -0.2) is 16.8 Å². The Labute approximate surface area is 449 Å². The van der Waals surface area contributed by atoms with Crippen LogP contribution in [-0.4, -0.2) is 129 Å². The smallest absolute Gasteiger partial charge is 0.303 e. The first-order chi connectivity index (χ1) is 36.8. The maximum absolute atomic E-state index is 12.9. The number of carbonyl (C=O) groups excluding carboxylic acids is 3. The van der Waals surface area contributed by atoms with Gasteiger partial charge >= 0.3 is 127 Å². The number of nitrogens with zero attached hydrogens (tertiary/aromatic N) is 1. The van der Waals surface area contributed by atoms with E-state index in [1.54, 1.807) is 54.6 Å². The monoisotopic (exact) mass is 1110 g/mol. The molecule has 77 heavy (non-hydrogen) atoms. The molecule has 4 aromatic carbocycles. The standard InChI is InChI=1S/C28H36N2O10S.C24H29BN2O8S/c1-37-20-16-24(39-3)21(25(17-20)40-4)12-14-41(35,36)18-19-10-11-23(38-2)22(15-19)30-27(32)8-6-13-29-26(31)7-5-9-28(33)34;1-32-18-13-22(34-3)19(23(14-18)35-4)9-11-36(30,31)15-17-7-8-21(33-2)20(12-17)27-24(28)6-5-10-26-16-25-29/h10-12,14-17H,5-9,13,18H2,1-4H3,(H,29,31)(H,30,32)(H,33,34);7-9,11-14,16H,5-6,10,15H2,1-4H3,(H,27,28)/b14-12+;11-9+,26-16?. The Bertz CT molecular complexity index is 2930. The average Bonchev–Trinajstić information content (AvgIpc) is 3.40. The molecule has 0 spiro atoms. The Morgan fingerprint density at radius 2 is 0.935 bits per heavy atom. The Morgan fingerprint density at radius 1 is 0.532 bits per heavy atom. The molecule has 22 nitrogen and oxygen atoms in total. The number of nitrogens with one attached hydrogen (secondary N) is 3. The summed E-state index contributed by atoms with van der Waals surface area (Å²) in [5.74, 6) is 0.763. The van der Waals surface area contributed by atoms with Crippen molar-refractivity contribution in [2.45, 2.75) is 56.5 Å². The van der Waals surface area contributed by atoms with Crippen molar-refractivity contribution in [2.75, 3.05) is 80.6 Å². The molecule has 0 atom stereocenters. The fourth-order valence-corrected chi connectivity index (χ4v) is 9.19. The van der Waals surface area contributed by atoms with Gasteiger partial charge in [0.1, 0.15) is 40.2 Å². The van der Waals surface area contributed by atoms with Crippen LogP contribution in [0.15, 0.2) is 76.5 Å². The quantitative estimate of drug-likeness (QED) is 0.0237. The number of anilines is 2. The summed E-state index contributed by atoms with van der Waals surface area (Å²) in [6.07, 6.45) is 5.28. The number of sulfone groups is 2. The van der Waals surface area contributed by atoms with Crippen LogP contribution in [0.1, 0.15) is 67.2 Å². The second kappa shape index (κ2) is 32.5. The van der Waals surface area contributed by atoms with E-state index in [0.717, 1.165) is 16.9 Å². The zero-order valence-corrected chi connectivity index (χ0v) is 45.8. The van der Waals surface area contributed by atoms with Crippen molar-refractivity contribution < 1.29 is 83.7 Å². The van der Waals surface area contributed by atoms with Crippen molar-refractivity contribution in [3.8, 4) is 46.0 Å². The van der Waals surface area contributed by atoms with Crippen molar-refractivity contribution >= 4 is 80.2 Å². The van der Waals surface area contributed by atoms with Gasteiger partial charge in [-0.1, -0.05) is 6.07 Å². The number of amides is 3. The van der Waals surface area contributed by atoms with Crippen LogP contribution in [0.25, 0.3) is 12.2 Å². The molecule has 0 heterocycles. The largest absolute Gasteiger partial charge is 0.496 e. The number of aliphatic carboxylic acids is 1. The Kier molecular flexibility index (Phi) is 26.7. The molecule has 416 valence electrons. The Morgan fingerprint density at radius 3 is 1.31 bits per heavy atom. The number of rotatable bonds is 31. The molecule has 0 radical (unpaired) electrons. The van der Waals surface area contributed by atoms with Gasteiger partial charge in [0, 0.05) is 60.9 Å². The number of methoxy groups -OCH3 is 8. The third-order valence-corrected chi connectivity index (χ3v) is 13.3. The van der Waals surface area contributed by atoms with Crippen LogP contribution in [0.2, 0.25) is 0 Å². The molecule has 0 aromatic heterocycles. The molecule has 4 rings (SSSR count). The van der Waals surface area contributed by atoms with Gasteiger partial charge in [-0.05, 0) is 42.7 Å². The van der Waals surface area contributed by atoms with Gasteiger partial charge in [-0.3, -0.25) is 14.4 Å².